The highest BCUT2D eigenvalue weighted by Gasteiger charge is 2.31. The minimum absolute atomic E-state index is 0.326. The lowest BCUT2D eigenvalue weighted by Crippen LogP contribution is -2.47. The summed E-state index contributed by atoms with van der Waals surface area (Å²) < 4.78 is 26.0. The van der Waals surface area contributed by atoms with Gasteiger partial charge in [0, 0.05) is 10.7 Å². The van der Waals surface area contributed by atoms with E-state index in [2.05, 4.69) is 5.32 Å². The molecule has 0 aromatic heterocycles. The van der Waals surface area contributed by atoms with Gasteiger partial charge in [0.1, 0.15) is 6.04 Å². The van der Waals surface area contributed by atoms with Crippen LogP contribution in [0.2, 0.25) is 5.02 Å². The third kappa shape index (κ3) is 4.77. The van der Waals surface area contributed by atoms with Gasteiger partial charge in [-0.2, -0.15) is 0 Å². The number of benzene rings is 2. The summed E-state index contributed by atoms with van der Waals surface area (Å²) in [5.41, 5.74) is 2.89. The van der Waals surface area contributed by atoms with Gasteiger partial charge < -0.3 is 5.32 Å². The average molecular weight is 395 g/mol. The van der Waals surface area contributed by atoms with E-state index >= 15 is 0 Å². The van der Waals surface area contributed by atoms with Crippen molar-refractivity contribution in [1.29, 1.82) is 0 Å². The van der Waals surface area contributed by atoms with Crippen molar-refractivity contribution >= 4 is 38.9 Å². The number of nitrogens with zero attached hydrogens (tertiary/aromatic N) is 1. The number of hydrogen-bond acceptors (Lipinski definition) is 3. The Morgan fingerprint density at radius 2 is 1.77 bits per heavy atom. The summed E-state index contributed by atoms with van der Waals surface area (Å²) in [7, 11) is -3.65. The molecule has 140 valence electrons. The minimum atomic E-state index is -3.65. The molecule has 0 aliphatic rings. The summed E-state index contributed by atoms with van der Waals surface area (Å²) in [6.07, 6.45) is 1.43. The third-order valence-corrected chi connectivity index (χ3v) is 5.64. The molecule has 0 aliphatic carbocycles. The van der Waals surface area contributed by atoms with Gasteiger partial charge in [0.2, 0.25) is 15.9 Å². The van der Waals surface area contributed by atoms with Crippen molar-refractivity contribution in [3.05, 3.63) is 58.6 Å². The molecular weight excluding hydrogens is 372 g/mol. The summed E-state index contributed by atoms with van der Waals surface area (Å²) in [6, 6.07) is 11.4. The second kappa shape index (κ2) is 8.10. The first-order valence-electron chi connectivity index (χ1n) is 8.26. The number of nitrogens with one attached hydrogen (secondary N) is 1. The van der Waals surface area contributed by atoms with Gasteiger partial charge in [-0.05, 0) is 50.1 Å². The molecule has 1 amide bonds. The quantitative estimate of drug-likeness (QED) is 0.800. The lowest BCUT2D eigenvalue weighted by atomic mass is 10.1. The fourth-order valence-electron chi connectivity index (χ4n) is 2.65. The Balaban J connectivity index is 2.36. The number of halogens is 1. The Hall–Kier alpha value is -2.05. The van der Waals surface area contributed by atoms with Crippen molar-refractivity contribution in [2.24, 2.45) is 0 Å². The maximum atomic E-state index is 12.8. The molecule has 7 heteroatoms. The van der Waals surface area contributed by atoms with Crippen LogP contribution in [0.5, 0.6) is 0 Å². The monoisotopic (exact) mass is 394 g/mol. The lowest BCUT2D eigenvalue weighted by molar-refractivity contribution is -0.117. The van der Waals surface area contributed by atoms with E-state index in [9.17, 15) is 13.2 Å². The standard InChI is InChI=1S/C19H23ClN2O3S/c1-5-18(19(23)21-15-9-8-14(3)17(20)12-15)22(26(4,24)25)16-10-6-13(2)7-11-16/h6-12,18H,5H2,1-4H3,(H,21,23)/t18-/m1/s1. The number of sulfonamides is 1. The molecule has 0 spiro atoms. The summed E-state index contributed by atoms with van der Waals surface area (Å²) >= 11 is 6.10. The van der Waals surface area contributed by atoms with Crippen molar-refractivity contribution in [3.63, 3.8) is 0 Å². The van der Waals surface area contributed by atoms with Crippen molar-refractivity contribution in [3.8, 4) is 0 Å². The molecule has 2 aromatic rings. The summed E-state index contributed by atoms with van der Waals surface area (Å²) in [4.78, 5) is 12.8. The van der Waals surface area contributed by atoms with Gasteiger partial charge in [0.05, 0.1) is 11.9 Å². The minimum Gasteiger partial charge on any atom is -0.324 e. The number of anilines is 2. The predicted molar refractivity (Wildman–Crippen MR) is 107 cm³/mol. The Morgan fingerprint density at radius 3 is 2.27 bits per heavy atom. The largest absolute Gasteiger partial charge is 0.324 e. The maximum Gasteiger partial charge on any atom is 0.248 e. The molecule has 0 radical (unpaired) electrons. The van der Waals surface area contributed by atoms with Crippen LogP contribution >= 0.6 is 11.6 Å². The van der Waals surface area contributed by atoms with Gasteiger partial charge in [-0.3, -0.25) is 9.10 Å². The average Bonchev–Trinajstić information content (AvgIpc) is 2.56. The highest BCUT2D eigenvalue weighted by molar-refractivity contribution is 7.92. The van der Waals surface area contributed by atoms with Crippen molar-refractivity contribution in [2.45, 2.75) is 33.2 Å². The molecule has 2 aromatic carbocycles. The highest BCUT2D eigenvalue weighted by Crippen LogP contribution is 2.25. The van der Waals surface area contributed by atoms with Crippen LogP contribution < -0.4 is 9.62 Å². The Kier molecular flexibility index (Phi) is 6.31. The molecule has 0 heterocycles. The van der Waals surface area contributed by atoms with Crippen molar-refractivity contribution < 1.29 is 13.2 Å². The second-order valence-electron chi connectivity index (χ2n) is 6.27. The van der Waals surface area contributed by atoms with Crippen LogP contribution in [0, 0.1) is 13.8 Å². The Bertz CT molecular complexity index is 896. The van der Waals surface area contributed by atoms with Crippen LogP contribution in [0.3, 0.4) is 0 Å². The maximum absolute atomic E-state index is 12.8. The van der Waals surface area contributed by atoms with Gasteiger partial charge in [0.15, 0.2) is 0 Å². The van der Waals surface area contributed by atoms with E-state index in [1.165, 1.54) is 0 Å². The molecule has 1 atom stereocenters. The molecule has 0 unspecified atom stereocenters. The number of aryl methyl sites for hydroxylation is 2. The lowest BCUT2D eigenvalue weighted by Gasteiger charge is -2.30. The fourth-order valence-corrected chi connectivity index (χ4v) is 4.04. The molecular formula is C19H23ClN2O3S. The van der Waals surface area contributed by atoms with E-state index in [-0.39, 0.29) is 0 Å². The van der Waals surface area contributed by atoms with E-state index in [4.69, 9.17) is 11.6 Å². The van der Waals surface area contributed by atoms with Crippen LogP contribution in [-0.2, 0) is 14.8 Å². The summed E-state index contributed by atoms with van der Waals surface area (Å²) in [5.74, 6) is -0.404. The molecule has 0 aliphatic heterocycles. The molecule has 0 fully saturated rings. The van der Waals surface area contributed by atoms with Crippen LogP contribution in [0.1, 0.15) is 24.5 Å². The molecule has 5 nitrogen and oxygen atoms in total. The zero-order chi connectivity index (χ0) is 19.5. The number of hydrogen-bond donors (Lipinski definition) is 1. The van der Waals surface area contributed by atoms with Gasteiger partial charge in [-0.25, -0.2) is 8.42 Å². The van der Waals surface area contributed by atoms with E-state index in [1.807, 2.05) is 26.0 Å². The zero-order valence-electron chi connectivity index (χ0n) is 15.3. The van der Waals surface area contributed by atoms with E-state index in [1.54, 1.807) is 37.3 Å². The molecule has 0 bridgehead atoms. The first-order chi connectivity index (χ1) is 12.1. The molecule has 0 saturated heterocycles. The fraction of sp³-hybridized carbons (Fsp3) is 0.316. The summed E-state index contributed by atoms with van der Waals surface area (Å²) in [6.45, 7) is 5.56. The van der Waals surface area contributed by atoms with E-state index < -0.39 is 22.0 Å². The first kappa shape index (κ1) is 20.3. The van der Waals surface area contributed by atoms with Crippen LogP contribution in [-0.4, -0.2) is 26.6 Å². The third-order valence-electron chi connectivity index (χ3n) is 4.06. The van der Waals surface area contributed by atoms with Crippen LogP contribution in [0.25, 0.3) is 0 Å². The molecule has 1 N–H and O–H groups in total. The van der Waals surface area contributed by atoms with Gasteiger partial charge in [-0.15, -0.1) is 0 Å². The smallest absolute Gasteiger partial charge is 0.248 e. The van der Waals surface area contributed by atoms with Gasteiger partial charge in [-0.1, -0.05) is 42.3 Å². The molecule has 2 rings (SSSR count). The highest BCUT2D eigenvalue weighted by atomic mass is 35.5. The van der Waals surface area contributed by atoms with Gasteiger partial charge in [0.25, 0.3) is 0 Å². The normalized spacial score (nSPS) is 12.5. The van der Waals surface area contributed by atoms with Crippen LogP contribution in [0.4, 0.5) is 11.4 Å². The van der Waals surface area contributed by atoms with Gasteiger partial charge >= 0.3 is 0 Å². The van der Waals surface area contributed by atoms with Crippen LogP contribution in [0.15, 0.2) is 42.5 Å². The zero-order valence-corrected chi connectivity index (χ0v) is 16.9. The Labute approximate surface area is 160 Å². The number of carbonyl (C=O) groups excluding carboxylic acids is 1. The van der Waals surface area contributed by atoms with Crippen molar-refractivity contribution in [2.75, 3.05) is 15.9 Å². The molecule has 26 heavy (non-hydrogen) atoms. The number of carbonyl (C=O) groups is 1. The molecule has 0 saturated carbocycles. The number of amides is 1. The van der Waals surface area contributed by atoms with E-state index in [0.29, 0.717) is 22.8 Å². The summed E-state index contributed by atoms with van der Waals surface area (Å²) in [5, 5.41) is 3.30. The topological polar surface area (TPSA) is 66.5 Å². The van der Waals surface area contributed by atoms with E-state index in [0.717, 1.165) is 21.7 Å². The first-order valence-corrected chi connectivity index (χ1v) is 10.5. The Morgan fingerprint density at radius 1 is 1.15 bits per heavy atom. The SMILES string of the molecule is CC[C@H](C(=O)Nc1ccc(C)c(Cl)c1)N(c1ccc(C)cc1)S(C)(=O)=O. The van der Waals surface area contributed by atoms with Crippen molar-refractivity contribution in [1.82, 2.24) is 0 Å². The number of rotatable bonds is 6. The second-order valence-corrected chi connectivity index (χ2v) is 8.54. The predicted octanol–water partition coefficient (Wildman–Crippen LogP) is 4.14.